The SMILES string of the molecule is CC1=C(C(O)C(=O)O)c2cccc(Cl)c2S1(=O)=O. The Morgan fingerprint density at radius 1 is 1.39 bits per heavy atom. The number of aliphatic hydroxyl groups excluding tert-OH is 1. The van der Waals surface area contributed by atoms with E-state index in [2.05, 4.69) is 0 Å². The van der Waals surface area contributed by atoms with Crippen molar-refractivity contribution in [3.05, 3.63) is 33.7 Å². The van der Waals surface area contributed by atoms with Crippen LogP contribution in [-0.4, -0.2) is 30.7 Å². The zero-order valence-corrected chi connectivity index (χ0v) is 10.8. The topological polar surface area (TPSA) is 91.7 Å². The number of hydrogen-bond acceptors (Lipinski definition) is 4. The number of aliphatic carboxylic acids is 1. The van der Waals surface area contributed by atoms with Gasteiger partial charge in [0.05, 0.1) is 14.8 Å². The van der Waals surface area contributed by atoms with Crippen LogP contribution < -0.4 is 0 Å². The molecule has 1 aliphatic heterocycles. The van der Waals surface area contributed by atoms with Gasteiger partial charge in [-0.3, -0.25) is 0 Å². The molecule has 1 heterocycles. The highest BCUT2D eigenvalue weighted by atomic mass is 35.5. The Morgan fingerprint density at radius 2 is 2.00 bits per heavy atom. The van der Waals surface area contributed by atoms with Gasteiger partial charge in [-0.2, -0.15) is 0 Å². The van der Waals surface area contributed by atoms with Crippen molar-refractivity contribution in [3.8, 4) is 0 Å². The molecule has 0 bridgehead atoms. The van der Waals surface area contributed by atoms with Crippen molar-refractivity contribution >= 4 is 33.0 Å². The first-order valence-electron chi connectivity index (χ1n) is 4.94. The molecule has 5 nitrogen and oxygen atoms in total. The Kier molecular flexibility index (Phi) is 2.96. The van der Waals surface area contributed by atoms with Crippen molar-refractivity contribution < 1.29 is 23.4 Å². The molecule has 0 saturated carbocycles. The van der Waals surface area contributed by atoms with Gasteiger partial charge >= 0.3 is 5.97 Å². The van der Waals surface area contributed by atoms with Crippen molar-refractivity contribution in [2.24, 2.45) is 0 Å². The molecule has 0 fully saturated rings. The lowest BCUT2D eigenvalue weighted by molar-refractivity contribution is -0.143. The maximum Gasteiger partial charge on any atom is 0.337 e. The first kappa shape index (κ1) is 13.1. The largest absolute Gasteiger partial charge is 0.479 e. The second-order valence-corrected chi connectivity index (χ2v) is 6.27. The summed E-state index contributed by atoms with van der Waals surface area (Å²) in [5.41, 5.74) is 0.0231. The molecule has 2 rings (SSSR count). The Balaban J connectivity index is 2.82. The summed E-state index contributed by atoms with van der Waals surface area (Å²) < 4.78 is 24.2. The number of carbonyl (C=O) groups is 1. The summed E-state index contributed by atoms with van der Waals surface area (Å²) in [6.07, 6.45) is -1.89. The van der Waals surface area contributed by atoms with Gasteiger partial charge in [0.15, 0.2) is 6.10 Å². The molecule has 0 saturated heterocycles. The predicted molar refractivity (Wildman–Crippen MR) is 64.9 cm³/mol. The number of fused-ring (bicyclic) bond motifs is 1. The molecule has 18 heavy (non-hydrogen) atoms. The molecule has 1 aliphatic rings. The summed E-state index contributed by atoms with van der Waals surface area (Å²) in [5.74, 6) is -1.51. The van der Waals surface area contributed by atoms with E-state index >= 15 is 0 Å². The van der Waals surface area contributed by atoms with E-state index in [1.54, 1.807) is 0 Å². The van der Waals surface area contributed by atoms with Crippen LogP contribution in [0.4, 0.5) is 0 Å². The molecule has 1 aromatic rings. The van der Waals surface area contributed by atoms with Crippen molar-refractivity contribution in [1.82, 2.24) is 0 Å². The molecule has 0 aromatic heterocycles. The van der Waals surface area contributed by atoms with Crippen LogP contribution in [0.2, 0.25) is 5.02 Å². The highest BCUT2D eigenvalue weighted by molar-refractivity contribution is 7.96. The molecule has 1 unspecified atom stereocenters. The van der Waals surface area contributed by atoms with E-state index in [0.29, 0.717) is 0 Å². The van der Waals surface area contributed by atoms with Crippen LogP contribution in [0.5, 0.6) is 0 Å². The van der Waals surface area contributed by atoms with Crippen LogP contribution in [0.25, 0.3) is 5.57 Å². The van der Waals surface area contributed by atoms with Gasteiger partial charge < -0.3 is 10.2 Å². The fourth-order valence-electron chi connectivity index (χ4n) is 1.94. The number of rotatable bonds is 2. The number of sulfone groups is 1. The molecule has 2 N–H and O–H groups in total. The lowest BCUT2D eigenvalue weighted by Gasteiger charge is -2.08. The first-order valence-corrected chi connectivity index (χ1v) is 6.80. The van der Waals surface area contributed by atoms with Gasteiger partial charge in [-0.05, 0) is 13.0 Å². The molecule has 0 radical (unpaired) electrons. The maximum atomic E-state index is 12.1. The number of carboxylic acid groups (broad SMARTS) is 1. The van der Waals surface area contributed by atoms with Crippen molar-refractivity contribution in [1.29, 1.82) is 0 Å². The lowest BCUT2D eigenvalue weighted by Crippen LogP contribution is -2.21. The normalized spacial score (nSPS) is 18.6. The molecular formula is C11H9ClO5S. The van der Waals surface area contributed by atoms with Crippen molar-refractivity contribution in [2.45, 2.75) is 17.9 Å². The zero-order valence-electron chi connectivity index (χ0n) is 9.21. The quantitative estimate of drug-likeness (QED) is 0.856. The molecule has 96 valence electrons. The third kappa shape index (κ3) is 1.65. The fourth-order valence-corrected chi connectivity index (χ4v) is 4.03. The maximum absolute atomic E-state index is 12.1. The molecule has 1 aromatic carbocycles. The van der Waals surface area contributed by atoms with Crippen LogP contribution in [0, 0.1) is 0 Å². The minimum Gasteiger partial charge on any atom is -0.479 e. The van der Waals surface area contributed by atoms with Gasteiger partial charge in [0.25, 0.3) is 0 Å². The Labute approximate surface area is 108 Å². The summed E-state index contributed by atoms with van der Waals surface area (Å²) >= 11 is 5.83. The Bertz CT molecular complexity index is 675. The number of benzene rings is 1. The van der Waals surface area contributed by atoms with E-state index in [4.69, 9.17) is 16.7 Å². The van der Waals surface area contributed by atoms with Gasteiger partial charge in [0, 0.05) is 11.1 Å². The van der Waals surface area contributed by atoms with E-state index in [1.165, 1.54) is 25.1 Å². The van der Waals surface area contributed by atoms with Crippen LogP contribution in [0.3, 0.4) is 0 Å². The first-order chi connectivity index (χ1) is 8.28. The zero-order chi connectivity index (χ0) is 13.7. The second kappa shape index (κ2) is 4.08. The fraction of sp³-hybridized carbons (Fsp3) is 0.182. The Hall–Kier alpha value is -1.37. The predicted octanol–water partition coefficient (Wildman–Crippen LogP) is 1.30. The van der Waals surface area contributed by atoms with Crippen molar-refractivity contribution in [2.75, 3.05) is 0 Å². The third-order valence-electron chi connectivity index (χ3n) is 2.82. The number of aliphatic hydroxyl groups is 1. The Morgan fingerprint density at radius 3 is 2.56 bits per heavy atom. The van der Waals surface area contributed by atoms with E-state index in [-0.39, 0.29) is 26.0 Å². The molecule has 0 amide bonds. The van der Waals surface area contributed by atoms with Crippen LogP contribution >= 0.6 is 11.6 Å². The number of halogens is 1. The van der Waals surface area contributed by atoms with E-state index in [1.807, 2.05) is 0 Å². The average Bonchev–Trinajstić information content (AvgIpc) is 2.47. The summed E-state index contributed by atoms with van der Waals surface area (Å²) in [4.78, 5) is 10.5. The highest BCUT2D eigenvalue weighted by Crippen LogP contribution is 2.43. The summed E-state index contributed by atoms with van der Waals surface area (Å²) in [6, 6.07) is 4.34. The number of carboxylic acids is 1. The second-order valence-electron chi connectivity index (χ2n) is 3.83. The van der Waals surface area contributed by atoms with Gasteiger partial charge in [-0.1, -0.05) is 23.7 Å². The van der Waals surface area contributed by atoms with E-state index < -0.39 is 21.9 Å². The van der Waals surface area contributed by atoms with Crippen molar-refractivity contribution in [3.63, 3.8) is 0 Å². The van der Waals surface area contributed by atoms with E-state index in [0.717, 1.165) is 0 Å². The summed E-state index contributed by atoms with van der Waals surface area (Å²) in [6.45, 7) is 1.26. The van der Waals surface area contributed by atoms with Gasteiger partial charge in [-0.25, -0.2) is 13.2 Å². The smallest absolute Gasteiger partial charge is 0.337 e. The molecule has 1 atom stereocenters. The van der Waals surface area contributed by atoms with Gasteiger partial charge in [0.1, 0.15) is 0 Å². The molecule has 0 aliphatic carbocycles. The van der Waals surface area contributed by atoms with Crippen LogP contribution in [0.15, 0.2) is 28.0 Å². The van der Waals surface area contributed by atoms with Gasteiger partial charge in [-0.15, -0.1) is 0 Å². The standard InChI is InChI=1S/C11H9ClO5S/c1-5-8(9(13)11(14)15)6-3-2-4-7(12)10(6)18(5,16)17/h2-4,9,13H,1H3,(H,14,15). The molecule has 0 spiro atoms. The monoisotopic (exact) mass is 288 g/mol. The summed E-state index contributed by atoms with van der Waals surface area (Å²) in [5, 5.41) is 18.4. The minimum absolute atomic E-state index is 0.0134. The minimum atomic E-state index is -3.82. The lowest BCUT2D eigenvalue weighted by atomic mass is 10.0. The average molecular weight is 289 g/mol. The van der Waals surface area contributed by atoms with Gasteiger partial charge in [0.2, 0.25) is 9.84 Å². The highest BCUT2D eigenvalue weighted by Gasteiger charge is 2.39. The third-order valence-corrected chi connectivity index (χ3v) is 5.25. The summed E-state index contributed by atoms with van der Waals surface area (Å²) in [7, 11) is -3.82. The number of allylic oxidation sites excluding steroid dienone is 1. The molecular weight excluding hydrogens is 280 g/mol. The van der Waals surface area contributed by atoms with Crippen LogP contribution in [-0.2, 0) is 14.6 Å². The van der Waals surface area contributed by atoms with E-state index in [9.17, 15) is 18.3 Å². The molecule has 7 heteroatoms. The van der Waals surface area contributed by atoms with Crippen LogP contribution in [0.1, 0.15) is 12.5 Å². The number of hydrogen-bond donors (Lipinski definition) is 2.